The number of nitrogens with one attached hydrogen (secondary N) is 1. The Morgan fingerprint density at radius 1 is 1.39 bits per heavy atom. The molecule has 0 spiro atoms. The minimum absolute atomic E-state index is 0.0107. The van der Waals surface area contributed by atoms with Crippen molar-refractivity contribution in [3.05, 3.63) is 34.7 Å². The van der Waals surface area contributed by atoms with Crippen molar-refractivity contribution in [3.63, 3.8) is 0 Å². The summed E-state index contributed by atoms with van der Waals surface area (Å²) >= 11 is 0.738. The fourth-order valence-electron chi connectivity index (χ4n) is 1.88. The Balaban J connectivity index is 2.05. The lowest BCUT2D eigenvalue weighted by atomic mass is 10.2. The summed E-state index contributed by atoms with van der Waals surface area (Å²) in [7, 11) is 1.51. The van der Waals surface area contributed by atoms with Crippen LogP contribution in [0.15, 0.2) is 29.2 Å². The molecule has 0 radical (unpaired) electrons. The van der Waals surface area contributed by atoms with Crippen molar-refractivity contribution in [1.29, 1.82) is 0 Å². The van der Waals surface area contributed by atoms with Gasteiger partial charge in [0.1, 0.15) is 12.3 Å². The summed E-state index contributed by atoms with van der Waals surface area (Å²) < 4.78 is 4.80. The molecule has 3 amide bonds. The molecule has 0 atom stereocenters. The standard InChI is InChI=1S/C15H16N2O5S/c1-22-7-6-16-13(19)9-17-14(20)12(23-15(17)21)8-10-4-2-3-5-11(10)18/h2-5,8,18H,6-7,9H2,1H3,(H,16,19)/b12-8-. The third kappa shape index (κ3) is 4.33. The molecule has 1 aromatic carbocycles. The summed E-state index contributed by atoms with van der Waals surface area (Å²) in [6.07, 6.45) is 1.43. The Bertz CT molecular complexity index is 659. The van der Waals surface area contributed by atoms with E-state index in [1.54, 1.807) is 18.2 Å². The molecule has 0 saturated carbocycles. The second-order valence-corrected chi connectivity index (χ2v) is 5.66. The Labute approximate surface area is 137 Å². The van der Waals surface area contributed by atoms with Crippen LogP contribution in [-0.2, 0) is 14.3 Å². The fourth-order valence-corrected chi connectivity index (χ4v) is 2.71. The number of nitrogens with zero attached hydrogens (tertiary/aromatic N) is 1. The van der Waals surface area contributed by atoms with Gasteiger partial charge in [0.05, 0.1) is 11.5 Å². The van der Waals surface area contributed by atoms with Gasteiger partial charge in [-0.2, -0.15) is 0 Å². The first kappa shape index (κ1) is 17.0. The van der Waals surface area contributed by atoms with Crippen LogP contribution >= 0.6 is 11.8 Å². The quantitative estimate of drug-likeness (QED) is 0.598. The second kappa shape index (κ2) is 7.80. The first-order chi connectivity index (χ1) is 11.0. The van der Waals surface area contributed by atoms with Crippen molar-refractivity contribution >= 4 is 34.9 Å². The van der Waals surface area contributed by atoms with Gasteiger partial charge in [-0.3, -0.25) is 19.3 Å². The van der Waals surface area contributed by atoms with Crippen molar-refractivity contribution in [3.8, 4) is 5.75 Å². The van der Waals surface area contributed by atoms with E-state index in [0.29, 0.717) is 18.7 Å². The maximum absolute atomic E-state index is 12.2. The van der Waals surface area contributed by atoms with Crippen LogP contribution in [0, 0.1) is 0 Å². The van der Waals surface area contributed by atoms with Gasteiger partial charge in [0, 0.05) is 19.2 Å². The van der Waals surface area contributed by atoms with Crippen LogP contribution in [0.1, 0.15) is 5.56 Å². The molecule has 1 fully saturated rings. The van der Waals surface area contributed by atoms with E-state index in [0.717, 1.165) is 16.7 Å². The van der Waals surface area contributed by atoms with Crippen LogP contribution in [0.25, 0.3) is 6.08 Å². The molecule has 23 heavy (non-hydrogen) atoms. The largest absolute Gasteiger partial charge is 0.507 e. The number of phenols is 1. The average molecular weight is 336 g/mol. The van der Waals surface area contributed by atoms with E-state index in [-0.39, 0.29) is 17.2 Å². The van der Waals surface area contributed by atoms with E-state index in [1.807, 2.05) is 0 Å². The van der Waals surface area contributed by atoms with Crippen molar-refractivity contribution in [2.24, 2.45) is 0 Å². The molecule has 0 bridgehead atoms. The van der Waals surface area contributed by atoms with E-state index >= 15 is 0 Å². The number of benzene rings is 1. The van der Waals surface area contributed by atoms with Crippen LogP contribution in [0.3, 0.4) is 0 Å². The highest BCUT2D eigenvalue weighted by Crippen LogP contribution is 2.33. The first-order valence-corrected chi connectivity index (χ1v) is 7.63. The van der Waals surface area contributed by atoms with Crippen molar-refractivity contribution in [1.82, 2.24) is 10.2 Å². The Morgan fingerprint density at radius 3 is 2.83 bits per heavy atom. The number of phenolic OH excluding ortho intramolecular Hbond substituents is 1. The normalized spacial score (nSPS) is 16.2. The molecule has 1 aliphatic rings. The molecule has 7 nitrogen and oxygen atoms in total. The molecule has 0 aliphatic carbocycles. The fraction of sp³-hybridized carbons (Fsp3) is 0.267. The zero-order valence-electron chi connectivity index (χ0n) is 12.4. The van der Waals surface area contributed by atoms with Crippen LogP contribution in [0.2, 0.25) is 0 Å². The summed E-state index contributed by atoms with van der Waals surface area (Å²) in [5, 5.41) is 11.7. The SMILES string of the molecule is COCCNC(=O)CN1C(=O)S/C(=C\c2ccccc2O)C1=O. The van der Waals surface area contributed by atoms with Gasteiger partial charge in [0.25, 0.3) is 11.1 Å². The minimum atomic E-state index is -0.551. The van der Waals surface area contributed by atoms with E-state index in [2.05, 4.69) is 5.32 Å². The lowest BCUT2D eigenvalue weighted by molar-refractivity contribution is -0.129. The number of aromatic hydroxyl groups is 1. The van der Waals surface area contributed by atoms with Crippen molar-refractivity contribution in [2.45, 2.75) is 0 Å². The highest BCUT2D eigenvalue weighted by molar-refractivity contribution is 8.18. The number of hydrogen-bond acceptors (Lipinski definition) is 6. The number of thioether (sulfide) groups is 1. The van der Waals surface area contributed by atoms with Crippen LogP contribution in [-0.4, -0.2) is 53.9 Å². The summed E-state index contributed by atoms with van der Waals surface area (Å²) in [4.78, 5) is 36.9. The third-order valence-corrected chi connectivity index (χ3v) is 3.93. The molecule has 1 aliphatic heterocycles. The molecule has 1 aromatic rings. The Hall–Kier alpha value is -2.32. The Kier molecular flexibility index (Phi) is 5.78. The van der Waals surface area contributed by atoms with Gasteiger partial charge in [-0.25, -0.2) is 0 Å². The number of methoxy groups -OCH3 is 1. The highest BCUT2D eigenvalue weighted by atomic mass is 32.2. The van der Waals surface area contributed by atoms with E-state index in [4.69, 9.17) is 4.74 Å². The molecule has 2 rings (SSSR count). The number of amides is 3. The van der Waals surface area contributed by atoms with Gasteiger partial charge in [-0.15, -0.1) is 0 Å². The summed E-state index contributed by atoms with van der Waals surface area (Å²) in [6.45, 7) is 0.312. The molecule has 0 unspecified atom stereocenters. The average Bonchev–Trinajstić information content (AvgIpc) is 2.77. The van der Waals surface area contributed by atoms with Gasteiger partial charge in [-0.05, 0) is 23.9 Å². The van der Waals surface area contributed by atoms with Gasteiger partial charge in [0.15, 0.2) is 0 Å². The maximum Gasteiger partial charge on any atom is 0.294 e. The topological polar surface area (TPSA) is 95.9 Å². The molecular formula is C15H16N2O5S. The second-order valence-electron chi connectivity index (χ2n) is 4.67. The molecule has 0 aromatic heterocycles. The van der Waals surface area contributed by atoms with E-state index < -0.39 is 17.1 Å². The maximum atomic E-state index is 12.2. The lowest BCUT2D eigenvalue weighted by Crippen LogP contribution is -2.40. The predicted octanol–water partition coefficient (Wildman–Crippen LogP) is 1.19. The van der Waals surface area contributed by atoms with Crippen LogP contribution in [0.5, 0.6) is 5.75 Å². The number of ether oxygens (including phenoxy) is 1. The predicted molar refractivity (Wildman–Crippen MR) is 85.7 cm³/mol. The van der Waals surface area contributed by atoms with Gasteiger partial charge >= 0.3 is 0 Å². The van der Waals surface area contributed by atoms with Crippen LogP contribution in [0.4, 0.5) is 4.79 Å². The number of imide groups is 1. The van der Waals surface area contributed by atoms with Gasteiger partial charge in [0.2, 0.25) is 5.91 Å². The summed E-state index contributed by atoms with van der Waals surface area (Å²) in [5.74, 6) is -0.977. The lowest BCUT2D eigenvalue weighted by Gasteiger charge is -2.12. The number of carbonyl (C=O) groups is 3. The summed E-state index contributed by atoms with van der Waals surface area (Å²) in [6, 6.07) is 6.47. The Morgan fingerprint density at radius 2 is 2.13 bits per heavy atom. The smallest absolute Gasteiger partial charge is 0.294 e. The first-order valence-electron chi connectivity index (χ1n) is 6.82. The number of para-hydroxylation sites is 1. The molecule has 1 saturated heterocycles. The minimum Gasteiger partial charge on any atom is -0.507 e. The van der Waals surface area contributed by atoms with Crippen molar-refractivity contribution in [2.75, 3.05) is 26.8 Å². The molecule has 1 heterocycles. The molecule has 2 N–H and O–H groups in total. The van der Waals surface area contributed by atoms with Gasteiger partial charge in [-0.1, -0.05) is 18.2 Å². The number of carbonyl (C=O) groups excluding carboxylic acids is 3. The zero-order valence-corrected chi connectivity index (χ0v) is 13.3. The van der Waals surface area contributed by atoms with Gasteiger partial charge < -0.3 is 15.2 Å². The zero-order chi connectivity index (χ0) is 16.8. The monoisotopic (exact) mass is 336 g/mol. The number of rotatable bonds is 6. The molecular weight excluding hydrogens is 320 g/mol. The van der Waals surface area contributed by atoms with E-state index in [1.165, 1.54) is 19.3 Å². The van der Waals surface area contributed by atoms with Crippen molar-refractivity contribution < 1.29 is 24.2 Å². The number of hydrogen-bond donors (Lipinski definition) is 2. The molecule has 8 heteroatoms. The van der Waals surface area contributed by atoms with E-state index in [9.17, 15) is 19.5 Å². The van der Waals surface area contributed by atoms with Crippen LogP contribution < -0.4 is 5.32 Å². The third-order valence-electron chi connectivity index (χ3n) is 3.03. The highest BCUT2D eigenvalue weighted by Gasteiger charge is 2.36. The molecule has 122 valence electrons. The summed E-state index contributed by atoms with van der Waals surface area (Å²) in [5.41, 5.74) is 0.433.